The molecule has 2 unspecified atom stereocenters. The number of aryl methyl sites for hydroxylation is 2. The number of rotatable bonds is 7. The van der Waals surface area contributed by atoms with E-state index in [1.165, 1.54) is 22.9 Å². The Morgan fingerprint density at radius 3 is 2.54 bits per heavy atom. The van der Waals surface area contributed by atoms with Crippen molar-refractivity contribution in [3.63, 3.8) is 0 Å². The fourth-order valence-electron chi connectivity index (χ4n) is 2.80. The Kier molecular flexibility index (Phi) is 6.52. The molecule has 0 aliphatic rings. The minimum Gasteiger partial charge on any atom is -0.416 e. The van der Waals surface area contributed by atoms with Gasteiger partial charge in [0.1, 0.15) is 0 Å². The van der Waals surface area contributed by atoms with Crippen molar-refractivity contribution in [3.8, 4) is 0 Å². The Bertz CT molecular complexity index is 940. The number of carbonyl (C=O) groups excluding carboxylic acids is 1. The van der Waals surface area contributed by atoms with Crippen molar-refractivity contribution in [2.75, 3.05) is 5.32 Å². The molecule has 0 radical (unpaired) electrons. The Morgan fingerprint density at radius 2 is 1.82 bits per heavy atom. The number of nitrogens with one attached hydrogen (secondary N) is 1. The first-order chi connectivity index (χ1) is 13.4. The molecular weight excluding hydrogens is 370 g/mol. The molecule has 3 aromatic rings. The highest BCUT2D eigenvalue weighted by molar-refractivity contribution is 8.00. The van der Waals surface area contributed by atoms with Crippen LogP contribution in [0.15, 0.2) is 58.2 Å². The van der Waals surface area contributed by atoms with Crippen LogP contribution in [0.1, 0.15) is 42.3 Å². The zero-order valence-electron chi connectivity index (χ0n) is 16.6. The van der Waals surface area contributed by atoms with Crippen molar-refractivity contribution < 1.29 is 9.21 Å². The fraction of sp³-hybridized carbons (Fsp3) is 0.318. The summed E-state index contributed by atoms with van der Waals surface area (Å²) in [5.41, 5.74) is 4.37. The van der Waals surface area contributed by atoms with Gasteiger partial charge in [0.15, 0.2) is 0 Å². The van der Waals surface area contributed by atoms with Crippen LogP contribution in [0, 0.1) is 13.8 Å². The Balaban J connectivity index is 1.56. The van der Waals surface area contributed by atoms with Crippen molar-refractivity contribution in [3.05, 3.63) is 71.1 Å². The predicted octanol–water partition coefficient (Wildman–Crippen LogP) is 5.15. The van der Waals surface area contributed by atoms with E-state index in [-0.39, 0.29) is 17.1 Å². The average molecular weight is 396 g/mol. The van der Waals surface area contributed by atoms with Gasteiger partial charge in [-0.3, -0.25) is 4.79 Å². The predicted molar refractivity (Wildman–Crippen MR) is 113 cm³/mol. The Hall–Kier alpha value is -2.60. The van der Waals surface area contributed by atoms with Gasteiger partial charge in [0, 0.05) is 12.1 Å². The molecule has 0 saturated heterocycles. The lowest BCUT2D eigenvalue weighted by Crippen LogP contribution is -2.22. The molecule has 0 fully saturated rings. The number of benzene rings is 2. The minimum absolute atomic E-state index is 0.0920. The van der Waals surface area contributed by atoms with Crippen LogP contribution >= 0.6 is 11.8 Å². The van der Waals surface area contributed by atoms with E-state index in [9.17, 15) is 4.79 Å². The quantitative estimate of drug-likeness (QED) is 0.560. The number of amides is 1. The lowest BCUT2D eigenvalue weighted by molar-refractivity contribution is -0.115. The topological polar surface area (TPSA) is 68.0 Å². The molecule has 0 aliphatic heterocycles. The highest BCUT2D eigenvalue weighted by atomic mass is 32.2. The SMILES string of the molecule is Cc1ccc(NC(=O)C(C)Sc2nnc(CC(C)c3ccccc3)o2)cc1C. The third-order valence-electron chi connectivity index (χ3n) is 4.72. The van der Waals surface area contributed by atoms with E-state index in [2.05, 4.69) is 34.6 Å². The van der Waals surface area contributed by atoms with Crippen LogP contribution < -0.4 is 5.32 Å². The average Bonchev–Trinajstić information content (AvgIpc) is 3.12. The van der Waals surface area contributed by atoms with Gasteiger partial charge in [0.25, 0.3) is 5.22 Å². The maximum atomic E-state index is 12.5. The standard InChI is InChI=1S/C22H25N3O2S/c1-14-10-11-19(12-15(14)2)23-21(26)17(4)28-22-25-24-20(27-22)13-16(3)18-8-6-5-7-9-18/h5-12,16-17H,13H2,1-4H3,(H,23,26). The van der Waals surface area contributed by atoms with Crippen molar-refractivity contribution in [2.45, 2.75) is 50.5 Å². The summed E-state index contributed by atoms with van der Waals surface area (Å²) >= 11 is 1.27. The molecule has 1 amide bonds. The van der Waals surface area contributed by atoms with E-state index >= 15 is 0 Å². The van der Waals surface area contributed by atoms with Crippen LogP contribution in [-0.2, 0) is 11.2 Å². The zero-order chi connectivity index (χ0) is 20.1. The lowest BCUT2D eigenvalue weighted by atomic mass is 9.98. The van der Waals surface area contributed by atoms with Gasteiger partial charge in [-0.25, -0.2) is 0 Å². The van der Waals surface area contributed by atoms with Crippen LogP contribution in [0.2, 0.25) is 0 Å². The molecule has 5 nitrogen and oxygen atoms in total. The lowest BCUT2D eigenvalue weighted by Gasteiger charge is -2.11. The smallest absolute Gasteiger partial charge is 0.277 e. The van der Waals surface area contributed by atoms with E-state index in [0.717, 1.165) is 11.3 Å². The second-order valence-corrected chi connectivity index (χ2v) is 8.32. The van der Waals surface area contributed by atoms with E-state index in [1.807, 2.05) is 57.2 Å². The van der Waals surface area contributed by atoms with Crippen LogP contribution in [0.5, 0.6) is 0 Å². The molecule has 0 bridgehead atoms. The zero-order valence-corrected chi connectivity index (χ0v) is 17.4. The van der Waals surface area contributed by atoms with Crippen molar-refractivity contribution in [1.82, 2.24) is 10.2 Å². The van der Waals surface area contributed by atoms with Crippen molar-refractivity contribution >= 4 is 23.4 Å². The van der Waals surface area contributed by atoms with Gasteiger partial charge in [0.2, 0.25) is 11.8 Å². The van der Waals surface area contributed by atoms with Gasteiger partial charge in [-0.15, -0.1) is 10.2 Å². The third-order valence-corrected chi connectivity index (χ3v) is 5.65. The first-order valence-electron chi connectivity index (χ1n) is 9.34. The number of anilines is 1. The maximum Gasteiger partial charge on any atom is 0.277 e. The van der Waals surface area contributed by atoms with E-state index < -0.39 is 0 Å². The first kappa shape index (κ1) is 20.1. The second kappa shape index (κ2) is 9.06. The number of thioether (sulfide) groups is 1. The summed E-state index contributed by atoms with van der Waals surface area (Å²) in [7, 11) is 0. The normalized spacial score (nSPS) is 13.1. The fourth-order valence-corrected chi connectivity index (χ4v) is 3.50. The highest BCUT2D eigenvalue weighted by Crippen LogP contribution is 2.26. The van der Waals surface area contributed by atoms with Crippen LogP contribution in [-0.4, -0.2) is 21.4 Å². The van der Waals surface area contributed by atoms with E-state index in [0.29, 0.717) is 17.5 Å². The van der Waals surface area contributed by atoms with E-state index in [1.54, 1.807) is 0 Å². The first-order valence-corrected chi connectivity index (χ1v) is 10.2. The summed E-state index contributed by atoms with van der Waals surface area (Å²) in [5.74, 6) is 0.774. The minimum atomic E-state index is -0.346. The molecule has 2 aromatic carbocycles. The third kappa shape index (κ3) is 5.23. The molecule has 3 rings (SSSR count). The van der Waals surface area contributed by atoms with Gasteiger partial charge in [-0.05, 0) is 55.5 Å². The summed E-state index contributed by atoms with van der Waals surface area (Å²) in [5, 5.41) is 11.2. The molecule has 1 heterocycles. The van der Waals surface area contributed by atoms with Crippen LogP contribution in [0.3, 0.4) is 0 Å². The summed E-state index contributed by atoms with van der Waals surface area (Å²) in [6, 6.07) is 16.1. The Labute approximate surface area is 170 Å². The molecule has 0 spiro atoms. The molecule has 146 valence electrons. The molecule has 0 aliphatic carbocycles. The summed E-state index contributed by atoms with van der Waals surface area (Å²) in [6.45, 7) is 8.04. The second-order valence-electron chi connectivity index (χ2n) is 7.03. The molecule has 2 atom stereocenters. The van der Waals surface area contributed by atoms with E-state index in [4.69, 9.17) is 4.42 Å². The molecule has 6 heteroatoms. The number of hydrogen-bond donors (Lipinski definition) is 1. The molecule has 1 aromatic heterocycles. The number of nitrogens with zero attached hydrogens (tertiary/aromatic N) is 2. The van der Waals surface area contributed by atoms with Gasteiger partial charge in [-0.2, -0.15) is 0 Å². The van der Waals surface area contributed by atoms with Crippen LogP contribution in [0.25, 0.3) is 0 Å². The monoisotopic (exact) mass is 395 g/mol. The number of aromatic nitrogens is 2. The molecular formula is C22H25N3O2S. The summed E-state index contributed by atoms with van der Waals surface area (Å²) in [6.07, 6.45) is 0.667. The molecule has 0 saturated carbocycles. The summed E-state index contributed by atoms with van der Waals surface area (Å²) < 4.78 is 5.74. The summed E-state index contributed by atoms with van der Waals surface area (Å²) in [4.78, 5) is 12.5. The van der Waals surface area contributed by atoms with Crippen molar-refractivity contribution in [2.24, 2.45) is 0 Å². The van der Waals surface area contributed by atoms with Gasteiger partial charge in [0.05, 0.1) is 5.25 Å². The highest BCUT2D eigenvalue weighted by Gasteiger charge is 2.19. The van der Waals surface area contributed by atoms with Gasteiger partial charge in [-0.1, -0.05) is 55.1 Å². The largest absolute Gasteiger partial charge is 0.416 e. The van der Waals surface area contributed by atoms with Gasteiger partial charge >= 0.3 is 0 Å². The molecule has 1 N–H and O–H groups in total. The van der Waals surface area contributed by atoms with Crippen LogP contribution in [0.4, 0.5) is 5.69 Å². The van der Waals surface area contributed by atoms with Crippen molar-refractivity contribution in [1.29, 1.82) is 0 Å². The number of hydrogen-bond acceptors (Lipinski definition) is 5. The maximum absolute atomic E-state index is 12.5. The number of carbonyl (C=O) groups is 1. The van der Waals surface area contributed by atoms with Gasteiger partial charge < -0.3 is 9.73 Å². The molecule has 28 heavy (non-hydrogen) atoms. The Morgan fingerprint density at radius 1 is 1.07 bits per heavy atom.